The van der Waals surface area contributed by atoms with Crippen molar-refractivity contribution in [2.45, 2.75) is 26.4 Å². The first kappa shape index (κ1) is 9.66. The van der Waals surface area contributed by atoms with Gasteiger partial charge in [-0.2, -0.15) is 0 Å². The molecule has 0 aromatic rings. The summed E-state index contributed by atoms with van der Waals surface area (Å²) in [5, 5.41) is 17.8. The third-order valence-electron chi connectivity index (χ3n) is 1.79. The molecule has 0 amide bonds. The van der Waals surface area contributed by atoms with E-state index in [9.17, 15) is 5.11 Å². The number of rotatable bonds is 4. The molecule has 0 spiro atoms. The Morgan fingerprint density at radius 1 is 1.60 bits per heavy atom. The highest BCUT2D eigenvalue weighted by Gasteiger charge is 2.22. The second kappa shape index (κ2) is 3.74. The van der Waals surface area contributed by atoms with Gasteiger partial charge in [-0.25, -0.2) is 0 Å². The molecule has 0 saturated heterocycles. The second-order valence-corrected chi connectivity index (χ2v) is 3.05. The number of aliphatic hydroxyl groups excluding tert-OH is 2. The van der Waals surface area contributed by atoms with Gasteiger partial charge in [0, 0.05) is 12.0 Å². The standard InChI is InChI=1S/C8H16O2/c1-4-8(2,3)7(10)5-6-9/h4,7,9-10H,1,5-6H2,2-3H3. The van der Waals surface area contributed by atoms with Crippen LogP contribution in [0.1, 0.15) is 20.3 Å². The van der Waals surface area contributed by atoms with Crippen LogP contribution in [0.3, 0.4) is 0 Å². The average molecular weight is 144 g/mol. The highest BCUT2D eigenvalue weighted by Crippen LogP contribution is 2.23. The quantitative estimate of drug-likeness (QED) is 0.576. The third kappa shape index (κ3) is 2.50. The molecule has 2 N–H and O–H groups in total. The molecule has 60 valence electrons. The van der Waals surface area contributed by atoms with Crippen molar-refractivity contribution < 1.29 is 10.2 Å². The molecule has 0 aromatic heterocycles. The van der Waals surface area contributed by atoms with Gasteiger partial charge in [0.25, 0.3) is 0 Å². The molecule has 0 fully saturated rings. The van der Waals surface area contributed by atoms with E-state index in [0.717, 1.165) is 0 Å². The summed E-state index contributed by atoms with van der Waals surface area (Å²) >= 11 is 0. The van der Waals surface area contributed by atoms with E-state index >= 15 is 0 Å². The van der Waals surface area contributed by atoms with Crippen molar-refractivity contribution in [1.29, 1.82) is 0 Å². The summed E-state index contributed by atoms with van der Waals surface area (Å²) < 4.78 is 0. The number of aliphatic hydroxyl groups is 2. The Morgan fingerprint density at radius 3 is 2.40 bits per heavy atom. The van der Waals surface area contributed by atoms with Gasteiger partial charge in [0.1, 0.15) is 0 Å². The minimum Gasteiger partial charge on any atom is -0.396 e. The van der Waals surface area contributed by atoms with Crippen LogP contribution in [0.15, 0.2) is 12.7 Å². The van der Waals surface area contributed by atoms with Crippen molar-refractivity contribution in [3.05, 3.63) is 12.7 Å². The molecule has 1 atom stereocenters. The van der Waals surface area contributed by atoms with E-state index in [0.29, 0.717) is 6.42 Å². The van der Waals surface area contributed by atoms with Crippen LogP contribution in [0.25, 0.3) is 0 Å². The van der Waals surface area contributed by atoms with Crippen molar-refractivity contribution in [1.82, 2.24) is 0 Å². The van der Waals surface area contributed by atoms with Gasteiger partial charge >= 0.3 is 0 Å². The number of hydrogen-bond acceptors (Lipinski definition) is 2. The maximum absolute atomic E-state index is 9.35. The summed E-state index contributed by atoms with van der Waals surface area (Å²) in [5.74, 6) is 0. The summed E-state index contributed by atoms with van der Waals surface area (Å²) in [6, 6.07) is 0. The fourth-order valence-corrected chi connectivity index (χ4v) is 0.630. The van der Waals surface area contributed by atoms with Gasteiger partial charge < -0.3 is 10.2 Å². The second-order valence-electron chi connectivity index (χ2n) is 3.05. The fourth-order valence-electron chi connectivity index (χ4n) is 0.630. The summed E-state index contributed by atoms with van der Waals surface area (Å²) in [6.07, 6.45) is 1.63. The van der Waals surface area contributed by atoms with E-state index in [1.807, 2.05) is 13.8 Å². The Balaban J connectivity index is 3.90. The summed E-state index contributed by atoms with van der Waals surface area (Å²) in [6.45, 7) is 7.40. The van der Waals surface area contributed by atoms with E-state index in [2.05, 4.69) is 6.58 Å². The summed E-state index contributed by atoms with van der Waals surface area (Å²) in [7, 11) is 0. The smallest absolute Gasteiger partial charge is 0.0647 e. The normalized spacial score (nSPS) is 14.8. The van der Waals surface area contributed by atoms with E-state index in [1.54, 1.807) is 6.08 Å². The molecule has 2 nitrogen and oxygen atoms in total. The molecule has 0 aliphatic carbocycles. The van der Waals surface area contributed by atoms with Gasteiger partial charge in [-0.15, -0.1) is 6.58 Å². The van der Waals surface area contributed by atoms with Gasteiger partial charge in [0.05, 0.1) is 6.10 Å². The zero-order valence-electron chi connectivity index (χ0n) is 6.67. The molecule has 0 aromatic carbocycles. The molecule has 0 aliphatic heterocycles. The average Bonchev–Trinajstić information content (AvgIpc) is 1.89. The van der Waals surface area contributed by atoms with Crippen LogP contribution in [-0.2, 0) is 0 Å². The Hall–Kier alpha value is -0.340. The van der Waals surface area contributed by atoms with Crippen LogP contribution >= 0.6 is 0 Å². The molecule has 0 heterocycles. The van der Waals surface area contributed by atoms with Crippen molar-refractivity contribution in [2.75, 3.05) is 6.61 Å². The molecule has 0 aliphatic rings. The van der Waals surface area contributed by atoms with E-state index in [1.165, 1.54) is 0 Å². The highest BCUT2D eigenvalue weighted by atomic mass is 16.3. The van der Waals surface area contributed by atoms with Crippen LogP contribution in [0.2, 0.25) is 0 Å². The molecule has 2 heteroatoms. The zero-order chi connectivity index (χ0) is 8.20. The Bertz CT molecular complexity index is 108. The molecular formula is C8H16O2. The first-order valence-corrected chi connectivity index (χ1v) is 3.47. The Morgan fingerprint density at radius 2 is 2.10 bits per heavy atom. The molecule has 0 saturated carbocycles. The first-order chi connectivity index (χ1) is 4.54. The van der Waals surface area contributed by atoms with Gasteiger partial charge in [-0.3, -0.25) is 0 Å². The lowest BCUT2D eigenvalue weighted by molar-refractivity contribution is 0.0568. The molecule has 0 rings (SSSR count). The third-order valence-corrected chi connectivity index (χ3v) is 1.79. The summed E-state index contributed by atoms with van der Waals surface area (Å²) in [5.41, 5.74) is -0.289. The molecule has 0 radical (unpaired) electrons. The number of hydrogen-bond donors (Lipinski definition) is 2. The molecule has 0 bridgehead atoms. The predicted molar refractivity (Wildman–Crippen MR) is 41.7 cm³/mol. The Kier molecular flexibility index (Phi) is 3.61. The van der Waals surface area contributed by atoms with Gasteiger partial charge in [0.2, 0.25) is 0 Å². The first-order valence-electron chi connectivity index (χ1n) is 3.47. The monoisotopic (exact) mass is 144 g/mol. The molecule has 1 unspecified atom stereocenters. The summed E-state index contributed by atoms with van der Waals surface area (Å²) in [4.78, 5) is 0. The van der Waals surface area contributed by atoms with Crippen molar-refractivity contribution >= 4 is 0 Å². The zero-order valence-corrected chi connectivity index (χ0v) is 6.67. The topological polar surface area (TPSA) is 40.5 Å². The highest BCUT2D eigenvalue weighted by molar-refractivity contribution is 4.92. The van der Waals surface area contributed by atoms with Crippen LogP contribution in [0, 0.1) is 5.41 Å². The van der Waals surface area contributed by atoms with Gasteiger partial charge in [-0.1, -0.05) is 19.9 Å². The van der Waals surface area contributed by atoms with Crippen molar-refractivity contribution in [3.8, 4) is 0 Å². The lowest BCUT2D eigenvalue weighted by Crippen LogP contribution is -2.27. The van der Waals surface area contributed by atoms with Crippen LogP contribution < -0.4 is 0 Å². The van der Waals surface area contributed by atoms with Crippen LogP contribution in [0.4, 0.5) is 0 Å². The maximum Gasteiger partial charge on any atom is 0.0647 e. The Labute approximate surface area is 62.2 Å². The lowest BCUT2D eigenvalue weighted by Gasteiger charge is -2.25. The molecule has 10 heavy (non-hydrogen) atoms. The molecular weight excluding hydrogens is 128 g/mol. The lowest BCUT2D eigenvalue weighted by atomic mass is 9.85. The minimum absolute atomic E-state index is 0.0262. The van der Waals surface area contributed by atoms with Gasteiger partial charge in [-0.05, 0) is 6.42 Å². The predicted octanol–water partition coefficient (Wildman–Crippen LogP) is 0.942. The minimum atomic E-state index is -0.491. The maximum atomic E-state index is 9.35. The van der Waals surface area contributed by atoms with E-state index in [4.69, 9.17) is 5.11 Å². The van der Waals surface area contributed by atoms with Crippen molar-refractivity contribution in [3.63, 3.8) is 0 Å². The fraction of sp³-hybridized carbons (Fsp3) is 0.750. The van der Waals surface area contributed by atoms with Crippen LogP contribution in [-0.4, -0.2) is 22.9 Å². The van der Waals surface area contributed by atoms with Gasteiger partial charge in [0.15, 0.2) is 0 Å². The van der Waals surface area contributed by atoms with E-state index < -0.39 is 6.10 Å². The largest absolute Gasteiger partial charge is 0.396 e. The van der Waals surface area contributed by atoms with Crippen LogP contribution in [0.5, 0.6) is 0 Å². The van der Waals surface area contributed by atoms with E-state index in [-0.39, 0.29) is 12.0 Å². The SMILES string of the molecule is C=CC(C)(C)C(O)CCO. The van der Waals surface area contributed by atoms with Crippen molar-refractivity contribution in [2.24, 2.45) is 5.41 Å².